The first-order valence-electron chi connectivity index (χ1n) is 14.3. The SMILES string of the molecule is CCCCCCCCCCCCCCCCS(=O)(=O)Nc1ccccc1CCc1ccc(C(=O)O)cc1. The van der Waals surface area contributed by atoms with Crippen LogP contribution in [0.25, 0.3) is 0 Å². The number of aryl methyl sites for hydroxylation is 2. The lowest BCUT2D eigenvalue weighted by Gasteiger charge is -2.13. The molecule has 37 heavy (non-hydrogen) atoms. The molecule has 2 N–H and O–H groups in total. The Morgan fingerprint density at radius 1 is 0.703 bits per heavy atom. The van der Waals surface area contributed by atoms with E-state index >= 15 is 0 Å². The fraction of sp³-hybridized carbons (Fsp3) is 0.581. The maximum Gasteiger partial charge on any atom is 0.335 e. The maximum atomic E-state index is 12.7. The van der Waals surface area contributed by atoms with Crippen LogP contribution in [0.4, 0.5) is 5.69 Å². The average molecular weight is 530 g/mol. The molecule has 2 aromatic carbocycles. The van der Waals surface area contributed by atoms with E-state index in [1.54, 1.807) is 12.1 Å². The van der Waals surface area contributed by atoms with Gasteiger partial charge in [0.1, 0.15) is 0 Å². The van der Waals surface area contributed by atoms with Crippen molar-refractivity contribution < 1.29 is 18.3 Å². The molecule has 0 saturated carbocycles. The van der Waals surface area contributed by atoms with Gasteiger partial charge in [0, 0.05) is 0 Å². The number of benzene rings is 2. The molecule has 2 aromatic rings. The third-order valence-electron chi connectivity index (χ3n) is 6.93. The van der Waals surface area contributed by atoms with Crippen LogP contribution in [-0.2, 0) is 22.9 Å². The number of unbranched alkanes of at least 4 members (excludes halogenated alkanes) is 13. The summed E-state index contributed by atoms with van der Waals surface area (Å²) in [5, 5.41) is 9.04. The van der Waals surface area contributed by atoms with Gasteiger partial charge in [-0.25, -0.2) is 13.2 Å². The van der Waals surface area contributed by atoms with Gasteiger partial charge in [-0.1, -0.05) is 121 Å². The molecule has 2 rings (SSSR count). The number of para-hydroxylation sites is 1. The molecule has 6 heteroatoms. The highest BCUT2D eigenvalue weighted by Crippen LogP contribution is 2.20. The lowest BCUT2D eigenvalue weighted by Crippen LogP contribution is -2.17. The Morgan fingerprint density at radius 3 is 1.76 bits per heavy atom. The minimum Gasteiger partial charge on any atom is -0.478 e. The molecule has 0 aromatic heterocycles. The van der Waals surface area contributed by atoms with Gasteiger partial charge in [0.15, 0.2) is 0 Å². The number of carboxylic acid groups (broad SMARTS) is 1. The molecule has 0 fully saturated rings. The summed E-state index contributed by atoms with van der Waals surface area (Å²) in [4.78, 5) is 11.0. The lowest BCUT2D eigenvalue weighted by atomic mass is 10.0. The molecule has 0 bridgehead atoms. The lowest BCUT2D eigenvalue weighted by molar-refractivity contribution is 0.0697. The summed E-state index contributed by atoms with van der Waals surface area (Å²) in [5.74, 6) is -0.791. The first-order chi connectivity index (χ1) is 17.9. The molecule has 0 atom stereocenters. The zero-order chi connectivity index (χ0) is 26.8. The molecule has 5 nitrogen and oxygen atoms in total. The number of aromatic carboxylic acids is 1. The summed E-state index contributed by atoms with van der Waals surface area (Å²) < 4.78 is 28.1. The highest BCUT2D eigenvalue weighted by atomic mass is 32.2. The number of hydrogen-bond acceptors (Lipinski definition) is 3. The van der Waals surface area contributed by atoms with Crippen LogP contribution in [0.2, 0.25) is 0 Å². The van der Waals surface area contributed by atoms with Crippen LogP contribution in [0.1, 0.15) is 118 Å². The van der Waals surface area contributed by atoms with Gasteiger partial charge in [0.05, 0.1) is 17.0 Å². The van der Waals surface area contributed by atoms with Crippen LogP contribution in [0, 0.1) is 0 Å². The van der Waals surface area contributed by atoms with E-state index in [9.17, 15) is 13.2 Å². The summed E-state index contributed by atoms with van der Waals surface area (Å²) in [6.07, 6.45) is 18.8. The fourth-order valence-corrected chi connectivity index (χ4v) is 5.86. The monoisotopic (exact) mass is 529 g/mol. The van der Waals surface area contributed by atoms with Crippen molar-refractivity contribution in [1.29, 1.82) is 0 Å². The van der Waals surface area contributed by atoms with E-state index < -0.39 is 16.0 Å². The summed E-state index contributed by atoms with van der Waals surface area (Å²) in [6, 6.07) is 14.3. The number of hydrogen-bond donors (Lipinski definition) is 2. The quantitative estimate of drug-likeness (QED) is 0.159. The molecule has 0 spiro atoms. The van der Waals surface area contributed by atoms with Crippen LogP contribution in [0.3, 0.4) is 0 Å². The van der Waals surface area contributed by atoms with Gasteiger partial charge in [-0.3, -0.25) is 4.72 Å². The molecule has 0 aliphatic carbocycles. The maximum absolute atomic E-state index is 12.7. The first-order valence-corrected chi connectivity index (χ1v) is 16.0. The minimum atomic E-state index is -3.39. The zero-order valence-electron chi connectivity index (χ0n) is 22.7. The molecule has 0 amide bonds. The Hall–Kier alpha value is -2.34. The third-order valence-corrected chi connectivity index (χ3v) is 8.29. The predicted molar refractivity (Wildman–Crippen MR) is 155 cm³/mol. The molecular formula is C31H47NO4S. The van der Waals surface area contributed by atoms with Crippen LogP contribution >= 0.6 is 0 Å². The molecular weight excluding hydrogens is 482 g/mol. The topological polar surface area (TPSA) is 83.5 Å². The first kappa shape index (κ1) is 30.9. The summed E-state index contributed by atoms with van der Waals surface area (Å²) >= 11 is 0. The fourth-order valence-electron chi connectivity index (χ4n) is 4.64. The predicted octanol–water partition coefficient (Wildman–Crippen LogP) is 8.39. The highest BCUT2D eigenvalue weighted by molar-refractivity contribution is 7.92. The van der Waals surface area contributed by atoms with Gasteiger partial charge in [-0.15, -0.1) is 0 Å². The van der Waals surface area contributed by atoms with Gasteiger partial charge in [-0.2, -0.15) is 0 Å². The van der Waals surface area contributed by atoms with Crippen LogP contribution in [-0.4, -0.2) is 25.2 Å². The third kappa shape index (κ3) is 13.7. The molecule has 0 aliphatic heterocycles. The molecule has 0 aliphatic rings. The Labute approximate surface area is 225 Å². The van der Waals surface area contributed by atoms with E-state index in [1.165, 1.54) is 70.6 Å². The molecule has 0 unspecified atom stereocenters. The molecule has 0 saturated heterocycles. The molecule has 206 valence electrons. The summed E-state index contributed by atoms with van der Waals surface area (Å²) in [7, 11) is -3.39. The smallest absolute Gasteiger partial charge is 0.335 e. The Balaban J connectivity index is 1.61. The number of rotatable bonds is 21. The van der Waals surface area contributed by atoms with Gasteiger partial charge in [-0.05, 0) is 48.6 Å². The van der Waals surface area contributed by atoms with Gasteiger partial charge in [0.2, 0.25) is 10.0 Å². The minimum absolute atomic E-state index is 0.149. The summed E-state index contributed by atoms with van der Waals surface area (Å²) in [6.45, 7) is 2.26. The van der Waals surface area contributed by atoms with E-state index in [1.807, 2.05) is 36.4 Å². The zero-order valence-corrected chi connectivity index (χ0v) is 23.5. The van der Waals surface area contributed by atoms with Crippen molar-refractivity contribution in [1.82, 2.24) is 0 Å². The average Bonchev–Trinajstić information content (AvgIpc) is 2.88. The second-order valence-corrected chi connectivity index (χ2v) is 12.0. The van der Waals surface area contributed by atoms with E-state index in [0.29, 0.717) is 24.9 Å². The van der Waals surface area contributed by atoms with E-state index in [-0.39, 0.29) is 11.3 Å². The Bertz CT molecular complexity index is 1000. The number of carboxylic acids is 1. The van der Waals surface area contributed by atoms with Crippen molar-refractivity contribution in [3.05, 3.63) is 65.2 Å². The molecule has 0 radical (unpaired) electrons. The van der Waals surface area contributed by atoms with Crippen molar-refractivity contribution >= 4 is 21.7 Å². The second kappa shape index (κ2) is 18.0. The van der Waals surface area contributed by atoms with Crippen molar-refractivity contribution in [2.75, 3.05) is 10.5 Å². The van der Waals surface area contributed by atoms with Crippen LogP contribution in [0.5, 0.6) is 0 Å². The second-order valence-electron chi connectivity index (χ2n) is 10.2. The van der Waals surface area contributed by atoms with Gasteiger partial charge in [0.25, 0.3) is 0 Å². The number of anilines is 1. The number of carbonyl (C=O) groups is 1. The van der Waals surface area contributed by atoms with Crippen molar-refractivity contribution in [3.8, 4) is 0 Å². The van der Waals surface area contributed by atoms with Crippen molar-refractivity contribution in [2.24, 2.45) is 0 Å². The van der Waals surface area contributed by atoms with E-state index in [0.717, 1.165) is 24.0 Å². The van der Waals surface area contributed by atoms with E-state index in [2.05, 4.69) is 11.6 Å². The standard InChI is InChI=1S/C31H47NO4S/c1-2-3-4-5-6-7-8-9-10-11-12-13-14-17-26-37(35,36)32-30-19-16-15-18-28(30)23-20-27-21-24-29(25-22-27)31(33)34/h15-16,18-19,21-22,24-25,32H,2-14,17,20,23,26H2,1H3,(H,33,34). The Kier molecular flexibility index (Phi) is 15.0. The molecule has 0 heterocycles. The Morgan fingerprint density at radius 2 is 1.22 bits per heavy atom. The largest absolute Gasteiger partial charge is 0.478 e. The number of sulfonamides is 1. The van der Waals surface area contributed by atoms with Crippen molar-refractivity contribution in [3.63, 3.8) is 0 Å². The van der Waals surface area contributed by atoms with Crippen molar-refractivity contribution in [2.45, 2.75) is 110 Å². The van der Waals surface area contributed by atoms with Crippen LogP contribution < -0.4 is 4.72 Å². The van der Waals surface area contributed by atoms with E-state index in [4.69, 9.17) is 5.11 Å². The van der Waals surface area contributed by atoms with Crippen LogP contribution in [0.15, 0.2) is 48.5 Å². The normalized spacial score (nSPS) is 11.5. The number of nitrogens with one attached hydrogen (secondary N) is 1. The highest BCUT2D eigenvalue weighted by Gasteiger charge is 2.13. The summed E-state index contributed by atoms with van der Waals surface area (Å²) in [5.41, 5.74) is 2.86. The van der Waals surface area contributed by atoms with Gasteiger partial charge < -0.3 is 5.11 Å². The van der Waals surface area contributed by atoms with Gasteiger partial charge >= 0.3 is 5.97 Å².